The number of likely N-dealkylation sites (tertiary alicyclic amines) is 1. The molecule has 1 saturated carbocycles. The van der Waals surface area contributed by atoms with Crippen molar-refractivity contribution in [2.45, 2.75) is 56.8 Å². The van der Waals surface area contributed by atoms with Crippen LogP contribution in [-0.4, -0.2) is 69.6 Å². The highest BCUT2D eigenvalue weighted by Crippen LogP contribution is 2.43. The molecule has 2 aliphatic heterocycles. The number of rotatable bonds is 7. The van der Waals surface area contributed by atoms with Gasteiger partial charge in [0.25, 0.3) is 0 Å². The molecule has 3 aromatic rings. The van der Waals surface area contributed by atoms with Gasteiger partial charge < -0.3 is 29.8 Å². The zero-order valence-electron chi connectivity index (χ0n) is 20.2. The fourth-order valence-electron chi connectivity index (χ4n) is 5.91. The predicted molar refractivity (Wildman–Crippen MR) is 135 cm³/mol. The predicted octanol–water partition coefficient (Wildman–Crippen LogP) is 3.65. The lowest BCUT2D eigenvalue weighted by atomic mass is 9.79. The third-order valence-electron chi connectivity index (χ3n) is 7.86. The van der Waals surface area contributed by atoms with Crippen LogP contribution in [0.15, 0.2) is 36.8 Å². The van der Waals surface area contributed by atoms with Crippen molar-refractivity contribution in [1.82, 2.24) is 19.4 Å². The lowest BCUT2D eigenvalue weighted by Gasteiger charge is -2.38. The fraction of sp³-hybridized carbons (Fsp3) is 0.556. The average Bonchev–Trinajstić information content (AvgIpc) is 3.45. The van der Waals surface area contributed by atoms with E-state index in [-0.39, 0.29) is 12.2 Å². The van der Waals surface area contributed by atoms with E-state index in [1.54, 1.807) is 6.33 Å². The maximum absolute atomic E-state index is 9.82. The molecule has 0 bridgehead atoms. The first-order chi connectivity index (χ1) is 17.1. The lowest BCUT2D eigenvalue weighted by molar-refractivity contribution is -0.0110. The molecule has 0 spiro atoms. The molecule has 4 heterocycles. The van der Waals surface area contributed by atoms with Gasteiger partial charge in [0.2, 0.25) is 0 Å². The quantitative estimate of drug-likeness (QED) is 0.536. The molecule has 6 rings (SSSR count). The maximum atomic E-state index is 9.82. The molecule has 8 nitrogen and oxygen atoms in total. The van der Waals surface area contributed by atoms with Crippen molar-refractivity contribution in [1.29, 1.82) is 0 Å². The second-order valence-corrected chi connectivity index (χ2v) is 10.4. The van der Waals surface area contributed by atoms with Gasteiger partial charge in [-0.3, -0.25) is 0 Å². The van der Waals surface area contributed by atoms with Crippen molar-refractivity contribution in [2.75, 3.05) is 38.6 Å². The molecule has 186 valence electrons. The summed E-state index contributed by atoms with van der Waals surface area (Å²) < 4.78 is 14.2. The van der Waals surface area contributed by atoms with Gasteiger partial charge in [-0.25, -0.2) is 9.97 Å². The standard InChI is InChI=1S/C27H35N5O3/c28-26-25-24(19-4-3-6-22(12-19)35-16-23-5-1-2-9-34-23)15-32(27(25)30-17-29-26)20-10-18(11-20)13-31-8-7-21(33)14-31/h3-4,6,12,15,17-18,20-21,23,33H,1-2,5,7-11,13-14,16H2,(H2,28,29,30)/t18-,20+,21-,23?/m1/s1. The molecule has 0 radical (unpaired) electrons. The van der Waals surface area contributed by atoms with E-state index in [0.29, 0.717) is 24.4 Å². The molecule has 0 amide bonds. The summed E-state index contributed by atoms with van der Waals surface area (Å²) in [6.45, 7) is 4.30. The van der Waals surface area contributed by atoms with E-state index >= 15 is 0 Å². The number of hydrogen-bond donors (Lipinski definition) is 2. The number of nitrogens with zero attached hydrogens (tertiary/aromatic N) is 4. The first-order valence-electron chi connectivity index (χ1n) is 13.0. The van der Waals surface area contributed by atoms with E-state index < -0.39 is 0 Å². The molecule has 1 aromatic carbocycles. The summed E-state index contributed by atoms with van der Waals surface area (Å²) in [6, 6.07) is 8.60. The van der Waals surface area contributed by atoms with Crippen molar-refractivity contribution < 1.29 is 14.6 Å². The number of nitrogen functional groups attached to an aromatic ring is 1. The third kappa shape index (κ3) is 4.75. The van der Waals surface area contributed by atoms with Gasteiger partial charge in [-0.05, 0) is 62.1 Å². The Balaban J connectivity index is 1.21. The number of anilines is 1. The summed E-state index contributed by atoms with van der Waals surface area (Å²) in [6.07, 6.45) is 10.3. The van der Waals surface area contributed by atoms with Crippen LogP contribution in [-0.2, 0) is 4.74 Å². The van der Waals surface area contributed by atoms with Gasteiger partial charge in [0.15, 0.2) is 0 Å². The van der Waals surface area contributed by atoms with E-state index in [2.05, 4.69) is 37.8 Å². The normalized spacial score (nSPS) is 27.2. The second kappa shape index (κ2) is 9.76. The third-order valence-corrected chi connectivity index (χ3v) is 7.86. The SMILES string of the molecule is Nc1ncnc2c1c(-c1cccc(OCC3CCCCO3)c1)cn2[C@H]1C[C@@H](CN2CC[C@@H](O)C2)C1. The number of aromatic nitrogens is 3. The lowest BCUT2D eigenvalue weighted by Crippen LogP contribution is -2.36. The minimum absolute atomic E-state index is 0.156. The molecule has 3 aliphatic rings. The van der Waals surface area contributed by atoms with Crippen LogP contribution in [0.1, 0.15) is 44.6 Å². The number of benzene rings is 1. The van der Waals surface area contributed by atoms with Crippen LogP contribution in [0.3, 0.4) is 0 Å². The minimum atomic E-state index is -0.156. The fourth-order valence-corrected chi connectivity index (χ4v) is 5.91. The first-order valence-corrected chi connectivity index (χ1v) is 13.0. The molecule has 2 saturated heterocycles. The molecule has 2 atom stereocenters. The van der Waals surface area contributed by atoms with E-state index in [0.717, 1.165) is 86.3 Å². The minimum Gasteiger partial charge on any atom is -0.491 e. The molecule has 1 aliphatic carbocycles. The topological polar surface area (TPSA) is 98.7 Å². The van der Waals surface area contributed by atoms with Crippen LogP contribution in [0.2, 0.25) is 0 Å². The van der Waals surface area contributed by atoms with Crippen LogP contribution in [0.25, 0.3) is 22.2 Å². The zero-order chi connectivity index (χ0) is 23.8. The Morgan fingerprint density at radius 3 is 2.89 bits per heavy atom. The maximum Gasteiger partial charge on any atom is 0.146 e. The van der Waals surface area contributed by atoms with Gasteiger partial charge in [-0.15, -0.1) is 0 Å². The monoisotopic (exact) mass is 477 g/mol. The summed E-state index contributed by atoms with van der Waals surface area (Å²) >= 11 is 0. The number of aliphatic hydroxyl groups is 1. The summed E-state index contributed by atoms with van der Waals surface area (Å²) in [7, 11) is 0. The Labute approximate surface area is 206 Å². The summed E-state index contributed by atoms with van der Waals surface area (Å²) in [4.78, 5) is 11.3. The Kier molecular flexibility index (Phi) is 6.35. The van der Waals surface area contributed by atoms with E-state index in [4.69, 9.17) is 15.2 Å². The van der Waals surface area contributed by atoms with Gasteiger partial charge in [0.1, 0.15) is 30.1 Å². The average molecular weight is 478 g/mol. The second-order valence-electron chi connectivity index (χ2n) is 10.4. The van der Waals surface area contributed by atoms with E-state index in [9.17, 15) is 5.11 Å². The van der Waals surface area contributed by atoms with Crippen LogP contribution < -0.4 is 10.5 Å². The molecule has 1 unspecified atom stereocenters. The summed E-state index contributed by atoms with van der Waals surface area (Å²) in [5.41, 5.74) is 9.37. The highest BCUT2D eigenvalue weighted by atomic mass is 16.5. The van der Waals surface area contributed by atoms with Gasteiger partial charge >= 0.3 is 0 Å². The Morgan fingerprint density at radius 1 is 1.17 bits per heavy atom. The molecule has 35 heavy (non-hydrogen) atoms. The largest absolute Gasteiger partial charge is 0.491 e. The first kappa shape index (κ1) is 22.8. The number of fused-ring (bicyclic) bond motifs is 1. The van der Waals surface area contributed by atoms with Crippen LogP contribution in [0.5, 0.6) is 5.75 Å². The highest BCUT2D eigenvalue weighted by Gasteiger charge is 2.35. The number of hydrogen-bond acceptors (Lipinski definition) is 7. The molecule has 3 N–H and O–H groups in total. The van der Waals surface area contributed by atoms with E-state index in [1.807, 2.05) is 12.1 Å². The summed E-state index contributed by atoms with van der Waals surface area (Å²) in [5, 5.41) is 10.7. The van der Waals surface area contributed by atoms with Crippen molar-refractivity contribution in [3.05, 3.63) is 36.8 Å². The van der Waals surface area contributed by atoms with Gasteiger partial charge in [-0.1, -0.05) is 12.1 Å². The van der Waals surface area contributed by atoms with Gasteiger partial charge in [0, 0.05) is 44.0 Å². The smallest absolute Gasteiger partial charge is 0.146 e. The Morgan fingerprint density at radius 2 is 2.09 bits per heavy atom. The molecule has 2 aromatic heterocycles. The van der Waals surface area contributed by atoms with Crippen molar-refractivity contribution in [2.24, 2.45) is 5.92 Å². The molecule has 8 heteroatoms. The van der Waals surface area contributed by atoms with Crippen LogP contribution >= 0.6 is 0 Å². The van der Waals surface area contributed by atoms with Gasteiger partial charge in [0.05, 0.1) is 17.6 Å². The number of aliphatic hydroxyl groups excluding tert-OH is 1. The highest BCUT2D eigenvalue weighted by molar-refractivity contribution is 6.00. The van der Waals surface area contributed by atoms with E-state index in [1.165, 1.54) is 6.42 Å². The van der Waals surface area contributed by atoms with Crippen molar-refractivity contribution in [3.8, 4) is 16.9 Å². The molecular formula is C27H35N5O3. The Bertz CT molecular complexity index is 1170. The summed E-state index contributed by atoms with van der Waals surface area (Å²) in [5.74, 6) is 2.00. The Hall–Kier alpha value is -2.68. The number of β-amino-alcohol motifs (C(OH)–C–C–N with tert-alkyl or cyclic N) is 1. The van der Waals surface area contributed by atoms with Crippen LogP contribution in [0, 0.1) is 5.92 Å². The molecule has 3 fully saturated rings. The number of nitrogens with two attached hydrogens (primary N) is 1. The molecular weight excluding hydrogens is 442 g/mol. The van der Waals surface area contributed by atoms with Crippen molar-refractivity contribution >= 4 is 16.9 Å². The van der Waals surface area contributed by atoms with Gasteiger partial charge in [-0.2, -0.15) is 0 Å². The zero-order valence-corrected chi connectivity index (χ0v) is 20.2. The van der Waals surface area contributed by atoms with Crippen molar-refractivity contribution in [3.63, 3.8) is 0 Å². The number of ether oxygens (including phenoxy) is 2. The van der Waals surface area contributed by atoms with Crippen LogP contribution in [0.4, 0.5) is 5.82 Å².